The summed E-state index contributed by atoms with van der Waals surface area (Å²) in [4.78, 5) is 0. The summed E-state index contributed by atoms with van der Waals surface area (Å²) in [5, 5.41) is 3.11. The fraction of sp³-hybridized carbons (Fsp3) is 0.481. The Morgan fingerprint density at radius 2 is 1.35 bits per heavy atom. The maximum absolute atomic E-state index is 13.5. The molecule has 4 heteroatoms. The van der Waals surface area contributed by atoms with Crippen molar-refractivity contribution >= 4 is 17.8 Å². The first-order chi connectivity index (χ1) is 15.0. The molecule has 0 saturated heterocycles. The first-order valence-electron chi connectivity index (χ1n) is 11.3. The molecule has 0 aliphatic heterocycles. The summed E-state index contributed by atoms with van der Waals surface area (Å²) in [5.41, 5.74) is 3.86. The van der Waals surface area contributed by atoms with Gasteiger partial charge in [-0.3, -0.25) is 0 Å². The van der Waals surface area contributed by atoms with Gasteiger partial charge >= 0.3 is 0 Å². The van der Waals surface area contributed by atoms with E-state index in [1.807, 2.05) is 31.3 Å². The largest absolute Gasteiger partial charge is 0.388 e. The summed E-state index contributed by atoms with van der Waals surface area (Å²) >= 11 is 0.488. The van der Waals surface area contributed by atoms with Crippen LogP contribution in [0.1, 0.15) is 76.5 Å². The van der Waals surface area contributed by atoms with Gasteiger partial charge in [-0.2, -0.15) is 3.89 Å². The lowest BCUT2D eigenvalue weighted by molar-refractivity contribution is -0.0605. The van der Waals surface area contributed by atoms with Crippen LogP contribution >= 0.6 is 12.1 Å². The minimum absolute atomic E-state index is 0.335. The molecular weight excluding hydrogens is 405 g/mol. The molecule has 2 rings (SSSR count). The number of nitrogens with one attached hydrogen (secondary N) is 1. The van der Waals surface area contributed by atoms with Crippen LogP contribution in [0.3, 0.4) is 0 Å². The van der Waals surface area contributed by atoms with E-state index in [0.717, 1.165) is 54.5 Å². The van der Waals surface area contributed by atoms with Crippen molar-refractivity contribution in [1.82, 2.24) is 0 Å². The minimum atomic E-state index is -0.344. The molecule has 0 fully saturated rings. The molecule has 2 nitrogen and oxygen atoms in total. The summed E-state index contributed by atoms with van der Waals surface area (Å²) in [6.07, 6.45) is 4.09. The molecule has 0 aromatic heterocycles. The second-order valence-electron chi connectivity index (χ2n) is 7.92. The molecule has 0 heterocycles. The molecule has 168 valence electrons. The second-order valence-corrected chi connectivity index (χ2v) is 8.94. The molecule has 0 saturated carbocycles. The molecule has 0 unspecified atom stereocenters. The van der Waals surface area contributed by atoms with E-state index in [1.165, 1.54) is 0 Å². The standard InChI is InChI=1S/C27H36FNOS/c1-6-26(7-2,31-28)20-21-30-27(8-3,9-4)24-16-12-22(13-17-24)10-11-23-14-18-25(29-5)19-15-23/h12-19,29H,6-9,20-21H2,1-5H3. The third-order valence-corrected chi connectivity index (χ3v) is 7.58. The topological polar surface area (TPSA) is 21.3 Å². The summed E-state index contributed by atoms with van der Waals surface area (Å²) < 4.78 is 19.7. The lowest BCUT2D eigenvalue weighted by atomic mass is 9.87. The van der Waals surface area contributed by atoms with E-state index in [-0.39, 0.29) is 10.3 Å². The molecule has 2 aromatic carbocycles. The molecule has 0 atom stereocenters. The van der Waals surface area contributed by atoms with Gasteiger partial charge < -0.3 is 10.1 Å². The van der Waals surface area contributed by atoms with Gasteiger partial charge in [0.1, 0.15) is 0 Å². The predicted octanol–water partition coefficient (Wildman–Crippen LogP) is 7.73. The van der Waals surface area contributed by atoms with Crippen LogP contribution in [-0.2, 0) is 10.3 Å². The van der Waals surface area contributed by atoms with Gasteiger partial charge in [-0.05, 0) is 74.1 Å². The van der Waals surface area contributed by atoms with Gasteiger partial charge in [0.15, 0.2) is 0 Å². The molecule has 0 aliphatic carbocycles. The lowest BCUT2D eigenvalue weighted by Crippen LogP contribution is -2.32. The van der Waals surface area contributed by atoms with Crippen LogP contribution < -0.4 is 5.32 Å². The SMILES string of the molecule is CCC(CC)(CCOC(CC)(CC)c1ccc(C#Cc2ccc(NC)cc2)cc1)SF. The Kier molecular flexibility index (Phi) is 9.93. The van der Waals surface area contributed by atoms with Crippen LogP contribution in [-0.4, -0.2) is 18.4 Å². The zero-order valence-corrected chi connectivity index (χ0v) is 20.4. The van der Waals surface area contributed by atoms with E-state index < -0.39 is 0 Å². The average molecular weight is 442 g/mol. The van der Waals surface area contributed by atoms with Crippen molar-refractivity contribution in [2.45, 2.75) is 70.1 Å². The summed E-state index contributed by atoms with van der Waals surface area (Å²) in [6, 6.07) is 16.4. The smallest absolute Gasteiger partial charge is 0.0926 e. The van der Waals surface area contributed by atoms with Crippen LogP contribution in [0.2, 0.25) is 0 Å². The second kappa shape index (κ2) is 12.2. The highest BCUT2D eigenvalue weighted by Gasteiger charge is 2.32. The quantitative estimate of drug-likeness (QED) is 0.361. The molecule has 1 N–H and O–H groups in total. The highest BCUT2D eigenvalue weighted by atomic mass is 32.2. The first-order valence-corrected chi connectivity index (χ1v) is 12.1. The van der Waals surface area contributed by atoms with Crippen molar-refractivity contribution in [2.24, 2.45) is 0 Å². The number of ether oxygens (including phenoxy) is 1. The number of benzene rings is 2. The normalized spacial score (nSPS) is 11.7. The Labute approximate surface area is 192 Å². The minimum Gasteiger partial charge on any atom is -0.388 e. The highest BCUT2D eigenvalue weighted by molar-refractivity contribution is 7.95. The third-order valence-electron chi connectivity index (χ3n) is 6.47. The number of anilines is 1. The van der Waals surface area contributed by atoms with E-state index >= 15 is 0 Å². The van der Waals surface area contributed by atoms with Gasteiger partial charge in [0.25, 0.3) is 0 Å². The third kappa shape index (κ3) is 6.51. The Morgan fingerprint density at radius 3 is 1.77 bits per heavy atom. The van der Waals surface area contributed by atoms with E-state index in [0.29, 0.717) is 18.8 Å². The van der Waals surface area contributed by atoms with Crippen molar-refractivity contribution in [3.05, 3.63) is 65.2 Å². The summed E-state index contributed by atoms with van der Waals surface area (Å²) in [6.45, 7) is 8.98. The first kappa shape index (κ1) is 25.3. The summed E-state index contributed by atoms with van der Waals surface area (Å²) in [7, 11) is 1.91. The summed E-state index contributed by atoms with van der Waals surface area (Å²) in [5.74, 6) is 6.47. The maximum Gasteiger partial charge on any atom is 0.0926 e. The number of hydrogen-bond donors (Lipinski definition) is 1. The van der Waals surface area contributed by atoms with Gasteiger partial charge in [-0.1, -0.05) is 51.7 Å². The molecule has 0 spiro atoms. The zero-order chi connectivity index (χ0) is 22.7. The number of halogens is 1. The van der Waals surface area contributed by atoms with E-state index in [4.69, 9.17) is 4.74 Å². The predicted molar refractivity (Wildman–Crippen MR) is 133 cm³/mol. The monoisotopic (exact) mass is 441 g/mol. The molecule has 0 radical (unpaired) electrons. The van der Waals surface area contributed by atoms with Crippen LogP contribution in [0, 0.1) is 11.8 Å². The fourth-order valence-electron chi connectivity index (χ4n) is 3.85. The van der Waals surface area contributed by atoms with E-state index in [9.17, 15) is 3.89 Å². The molecule has 2 aromatic rings. The van der Waals surface area contributed by atoms with Crippen molar-refractivity contribution < 1.29 is 8.62 Å². The van der Waals surface area contributed by atoms with Crippen LogP contribution in [0.15, 0.2) is 48.5 Å². The Hall–Kier alpha value is -1.96. The van der Waals surface area contributed by atoms with Gasteiger partial charge in [-0.15, -0.1) is 0 Å². The highest BCUT2D eigenvalue weighted by Crippen LogP contribution is 2.39. The molecule has 0 bridgehead atoms. The van der Waals surface area contributed by atoms with Gasteiger partial charge in [-0.25, -0.2) is 0 Å². The lowest BCUT2D eigenvalue weighted by Gasteiger charge is -2.35. The van der Waals surface area contributed by atoms with E-state index in [1.54, 1.807) is 0 Å². The zero-order valence-electron chi connectivity index (χ0n) is 19.6. The van der Waals surface area contributed by atoms with Gasteiger partial charge in [0, 0.05) is 35.2 Å². The van der Waals surface area contributed by atoms with Crippen LogP contribution in [0.5, 0.6) is 0 Å². The Balaban J connectivity index is 2.12. The molecule has 0 amide bonds. The average Bonchev–Trinajstić information content (AvgIpc) is 2.84. The fourth-order valence-corrected chi connectivity index (χ4v) is 4.23. The van der Waals surface area contributed by atoms with Crippen LogP contribution in [0.25, 0.3) is 0 Å². The Morgan fingerprint density at radius 1 is 0.839 bits per heavy atom. The number of hydrogen-bond acceptors (Lipinski definition) is 3. The molecular formula is C27H36FNOS. The van der Waals surface area contributed by atoms with Crippen molar-refractivity contribution in [1.29, 1.82) is 0 Å². The molecule has 0 aliphatic rings. The van der Waals surface area contributed by atoms with Gasteiger partial charge in [0.2, 0.25) is 0 Å². The maximum atomic E-state index is 13.5. The Bertz CT molecular complexity index is 835. The van der Waals surface area contributed by atoms with Gasteiger partial charge in [0.05, 0.1) is 17.7 Å². The van der Waals surface area contributed by atoms with Crippen molar-refractivity contribution in [2.75, 3.05) is 19.0 Å². The molecule has 31 heavy (non-hydrogen) atoms. The van der Waals surface area contributed by atoms with Crippen LogP contribution in [0.4, 0.5) is 9.57 Å². The van der Waals surface area contributed by atoms with Crippen molar-refractivity contribution in [3.8, 4) is 11.8 Å². The van der Waals surface area contributed by atoms with E-state index in [2.05, 4.69) is 69.1 Å². The van der Waals surface area contributed by atoms with Crippen molar-refractivity contribution in [3.63, 3.8) is 0 Å². The number of rotatable bonds is 11.